The second-order valence-electron chi connectivity index (χ2n) is 6.23. The van der Waals surface area contributed by atoms with E-state index in [0.29, 0.717) is 32.3 Å². The van der Waals surface area contributed by atoms with Gasteiger partial charge in [0.2, 0.25) is 5.91 Å². The second kappa shape index (κ2) is 9.07. The van der Waals surface area contributed by atoms with Gasteiger partial charge in [-0.15, -0.1) is 6.58 Å². The summed E-state index contributed by atoms with van der Waals surface area (Å²) in [5.41, 5.74) is 1.42. The Bertz CT molecular complexity index is 1160. The molecule has 0 unspecified atom stereocenters. The third-order valence-electron chi connectivity index (χ3n) is 4.10. The second-order valence-corrected chi connectivity index (χ2v) is 7.61. The first-order valence-electron chi connectivity index (χ1n) is 8.73. The maximum absolute atomic E-state index is 12.8. The number of rotatable bonds is 7. The molecule has 0 spiro atoms. The summed E-state index contributed by atoms with van der Waals surface area (Å²) in [6.45, 7) is 5.44. The lowest BCUT2D eigenvalue weighted by molar-refractivity contribution is -0.113. The van der Waals surface area contributed by atoms with Crippen molar-refractivity contribution in [2.24, 2.45) is 0 Å². The minimum atomic E-state index is -0.254. The van der Waals surface area contributed by atoms with Gasteiger partial charge in [-0.1, -0.05) is 29.4 Å². The van der Waals surface area contributed by atoms with Crippen LogP contribution in [-0.4, -0.2) is 27.0 Å². The van der Waals surface area contributed by atoms with E-state index in [4.69, 9.17) is 11.6 Å². The van der Waals surface area contributed by atoms with Gasteiger partial charge in [-0.2, -0.15) is 0 Å². The van der Waals surface area contributed by atoms with Crippen molar-refractivity contribution in [3.8, 4) is 0 Å². The molecule has 0 aliphatic heterocycles. The molecule has 0 fully saturated rings. The fourth-order valence-electron chi connectivity index (χ4n) is 2.69. The molecule has 6 nitrogen and oxygen atoms in total. The maximum atomic E-state index is 12.8. The van der Waals surface area contributed by atoms with Gasteiger partial charge < -0.3 is 5.32 Å². The smallest absolute Gasteiger partial charge is 0.262 e. The van der Waals surface area contributed by atoms with Crippen molar-refractivity contribution in [1.82, 2.24) is 9.55 Å². The zero-order chi connectivity index (χ0) is 21.0. The zero-order valence-corrected chi connectivity index (χ0v) is 17.2. The van der Waals surface area contributed by atoms with Crippen LogP contribution in [0.25, 0.3) is 10.9 Å². The van der Waals surface area contributed by atoms with Crippen molar-refractivity contribution in [3.05, 3.63) is 76.1 Å². The number of nitrogens with one attached hydrogen (secondary N) is 1. The number of benzene rings is 2. The number of fused-ring (bicyclic) bond motifs is 1. The molecule has 1 N–H and O–H groups in total. The Kier molecular flexibility index (Phi) is 6.51. The van der Waals surface area contributed by atoms with Gasteiger partial charge in [-0.25, -0.2) is 4.98 Å². The standard InChI is InChI=1S/C21H18ClN3O3S/c1-3-10-25-20(28)17-9-6-15(22)11-18(17)24-21(25)29-12-19(27)23-16-7-4-14(5-8-16)13(2)26/h3-9,11H,1,10,12H2,2H3,(H,23,27). The molecule has 3 rings (SSSR count). The molecule has 1 heterocycles. The third kappa shape index (κ3) is 4.93. The van der Waals surface area contributed by atoms with Crippen LogP contribution in [0, 0.1) is 0 Å². The molecule has 1 aromatic heterocycles. The molecular weight excluding hydrogens is 410 g/mol. The first-order valence-corrected chi connectivity index (χ1v) is 10.1. The molecule has 0 aliphatic rings. The third-order valence-corrected chi connectivity index (χ3v) is 5.31. The number of anilines is 1. The van der Waals surface area contributed by atoms with E-state index in [1.54, 1.807) is 48.5 Å². The number of carbonyl (C=O) groups is 2. The largest absolute Gasteiger partial charge is 0.325 e. The molecule has 29 heavy (non-hydrogen) atoms. The van der Waals surface area contributed by atoms with E-state index >= 15 is 0 Å². The highest BCUT2D eigenvalue weighted by molar-refractivity contribution is 7.99. The zero-order valence-electron chi connectivity index (χ0n) is 15.6. The predicted molar refractivity (Wildman–Crippen MR) is 117 cm³/mol. The van der Waals surface area contributed by atoms with Crippen molar-refractivity contribution in [2.45, 2.75) is 18.6 Å². The Labute approximate surface area is 176 Å². The van der Waals surface area contributed by atoms with Crippen LogP contribution in [0.3, 0.4) is 0 Å². The Morgan fingerprint density at radius 1 is 1.24 bits per heavy atom. The first kappa shape index (κ1) is 20.8. The summed E-state index contributed by atoms with van der Waals surface area (Å²) < 4.78 is 1.48. The highest BCUT2D eigenvalue weighted by Crippen LogP contribution is 2.21. The average Bonchev–Trinajstić information content (AvgIpc) is 2.69. The van der Waals surface area contributed by atoms with E-state index in [1.807, 2.05) is 0 Å². The van der Waals surface area contributed by atoms with Crippen molar-refractivity contribution in [2.75, 3.05) is 11.1 Å². The number of amides is 1. The van der Waals surface area contributed by atoms with Gasteiger partial charge in [0.05, 0.1) is 16.7 Å². The number of nitrogens with zero attached hydrogens (tertiary/aromatic N) is 2. The maximum Gasteiger partial charge on any atom is 0.262 e. The number of hydrogen-bond donors (Lipinski definition) is 1. The highest BCUT2D eigenvalue weighted by atomic mass is 35.5. The average molecular weight is 428 g/mol. The van der Waals surface area contributed by atoms with Crippen LogP contribution in [0.4, 0.5) is 5.69 Å². The van der Waals surface area contributed by atoms with E-state index < -0.39 is 0 Å². The molecule has 1 amide bonds. The summed E-state index contributed by atoms with van der Waals surface area (Å²) in [4.78, 5) is 40.9. The van der Waals surface area contributed by atoms with Crippen LogP contribution in [0.15, 0.2) is 65.1 Å². The number of allylic oxidation sites excluding steroid dienone is 1. The molecule has 148 valence electrons. The molecule has 2 aromatic carbocycles. The van der Waals surface area contributed by atoms with Crippen LogP contribution in [0.1, 0.15) is 17.3 Å². The number of hydrogen-bond acceptors (Lipinski definition) is 5. The Hall–Kier alpha value is -2.90. The molecule has 0 saturated heterocycles. The van der Waals surface area contributed by atoms with Gasteiger partial charge in [0.15, 0.2) is 10.9 Å². The monoisotopic (exact) mass is 427 g/mol. The van der Waals surface area contributed by atoms with Crippen molar-refractivity contribution < 1.29 is 9.59 Å². The van der Waals surface area contributed by atoms with E-state index in [1.165, 1.54) is 11.5 Å². The van der Waals surface area contributed by atoms with Crippen LogP contribution >= 0.6 is 23.4 Å². The molecule has 0 aliphatic carbocycles. The summed E-state index contributed by atoms with van der Waals surface area (Å²) in [6, 6.07) is 11.5. The van der Waals surface area contributed by atoms with E-state index in [9.17, 15) is 14.4 Å². The first-order chi connectivity index (χ1) is 13.9. The van der Waals surface area contributed by atoms with E-state index in [0.717, 1.165) is 11.8 Å². The van der Waals surface area contributed by atoms with Gasteiger partial charge in [-0.3, -0.25) is 19.0 Å². The lowest BCUT2D eigenvalue weighted by Crippen LogP contribution is -2.23. The Morgan fingerprint density at radius 3 is 2.62 bits per heavy atom. The highest BCUT2D eigenvalue weighted by Gasteiger charge is 2.13. The van der Waals surface area contributed by atoms with Crippen molar-refractivity contribution >= 4 is 51.6 Å². The Balaban J connectivity index is 1.79. The lowest BCUT2D eigenvalue weighted by Gasteiger charge is -2.12. The summed E-state index contributed by atoms with van der Waals surface area (Å²) in [5.74, 6) is -0.235. The summed E-state index contributed by atoms with van der Waals surface area (Å²) in [6.07, 6.45) is 1.60. The number of Topliss-reactive ketones (excluding diaryl/α,β-unsaturated/α-hetero) is 1. The topological polar surface area (TPSA) is 81.1 Å². The minimum Gasteiger partial charge on any atom is -0.325 e. The summed E-state index contributed by atoms with van der Waals surface area (Å²) in [7, 11) is 0. The van der Waals surface area contributed by atoms with Gasteiger partial charge in [0.25, 0.3) is 5.56 Å². The van der Waals surface area contributed by atoms with E-state index in [2.05, 4.69) is 16.9 Å². The Morgan fingerprint density at radius 2 is 1.97 bits per heavy atom. The van der Waals surface area contributed by atoms with Gasteiger partial charge in [0.1, 0.15) is 0 Å². The molecule has 0 atom stereocenters. The number of thioether (sulfide) groups is 1. The number of carbonyl (C=O) groups excluding carboxylic acids is 2. The fourth-order valence-corrected chi connectivity index (χ4v) is 3.66. The lowest BCUT2D eigenvalue weighted by atomic mass is 10.1. The molecule has 3 aromatic rings. The summed E-state index contributed by atoms with van der Waals surface area (Å²) >= 11 is 7.17. The molecule has 8 heteroatoms. The van der Waals surface area contributed by atoms with Gasteiger partial charge in [0, 0.05) is 22.8 Å². The fraction of sp³-hybridized carbons (Fsp3) is 0.143. The van der Waals surface area contributed by atoms with Crippen LogP contribution in [0.2, 0.25) is 5.02 Å². The minimum absolute atomic E-state index is 0.0406. The number of aromatic nitrogens is 2. The van der Waals surface area contributed by atoms with Crippen molar-refractivity contribution in [3.63, 3.8) is 0 Å². The molecular formula is C21H18ClN3O3S. The van der Waals surface area contributed by atoms with Crippen molar-refractivity contribution in [1.29, 1.82) is 0 Å². The molecule has 0 radical (unpaired) electrons. The van der Waals surface area contributed by atoms with Crippen LogP contribution in [-0.2, 0) is 11.3 Å². The SMILES string of the molecule is C=CCn1c(SCC(=O)Nc2ccc(C(C)=O)cc2)nc2cc(Cl)ccc2c1=O. The normalized spacial score (nSPS) is 10.7. The molecule has 0 bridgehead atoms. The predicted octanol–water partition coefficient (Wildman–Crippen LogP) is 4.17. The summed E-state index contributed by atoms with van der Waals surface area (Å²) in [5, 5.41) is 4.11. The van der Waals surface area contributed by atoms with Crippen LogP contribution < -0.4 is 10.9 Å². The van der Waals surface area contributed by atoms with Gasteiger partial charge >= 0.3 is 0 Å². The quantitative estimate of drug-likeness (QED) is 0.265. The number of halogens is 1. The van der Waals surface area contributed by atoms with Crippen LogP contribution in [0.5, 0.6) is 0 Å². The molecule has 0 saturated carbocycles. The number of ketones is 1. The van der Waals surface area contributed by atoms with E-state index in [-0.39, 0.29) is 29.5 Å². The van der Waals surface area contributed by atoms with Gasteiger partial charge in [-0.05, 0) is 49.4 Å².